The van der Waals surface area contributed by atoms with Crippen LogP contribution < -0.4 is 5.73 Å². The fraction of sp³-hybridized carbons (Fsp3) is 0.857. The number of primary amides is 1. The minimum atomic E-state index is -0.570. The van der Waals surface area contributed by atoms with E-state index in [9.17, 15) is 9.90 Å². The number of rotatable bonds is 6. The molecule has 0 aromatic heterocycles. The Bertz CT molecular complexity index is 141. The van der Waals surface area contributed by atoms with E-state index in [0.717, 1.165) is 0 Å². The number of nitrogens with zero attached hydrogens (tertiary/aromatic N) is 1. The summed E-state index contributed by atoms with van der Waals surface area (Å²) in [5.41, 5.74) is 4.95. The van der Waals surface area contributed by atoms with Gasteiger partial charge in [0.15, 0.2) is 0 Å². The van der Waals surface area contributed by atoms with Crippen LogP contribution in [0.3, 0.4) is 0 Å². The van der Waals surface area contributed by atoms with Gasteiger partial charge in [-0.25, -0.2) is 0 Å². The average molecular weight is 176 g/mol. The summed E-state index contributed by atoms with van der Waals surface area (Å²) in [6, 6.07) is 0. The Balaban J connectivity index is 3.53. The van der Waals surface area contributed by atoms with Crippen molar-refractivity contribution in [1.82, 2.24) is 4.90 Å². The highest BCUT2D eigenvalue weighted by Gasteiger charge is 2.08. The minimum absolute atomic E-state index is 0.154. The van der Waals surface area contributed by atoms with Crippen molar-refractivity contribution in [3.63, 3.8) is 0 Å². The summed E-state index contributed by atoms with van der Waals surface area (Å²) in [5, 5.41) is 9.21. The molecule has 0 heterocycles. The van der Waals surface area contributed by atoms with Crippen molar-refractivity contribution in [2.75, 3.05) is 33.9 Å². The highest BCUT2D eigenvalue weighted by atomic mass is 16.5. The number of aliphatic hydroxyl groups is 1. The second-order valence-electron chi connectivity index (χ2n) is 2.77. The summed E-state index contributed by atoms with van der Waals surface area (Å²) in [4.78, 5) is 12.1. The maximum Gasteiger partial charge on any atom is 0.231 e. The molecule has 0 rings (SSSR count). The van der Waals surface area contributed by atoms with Crippen LogP contribution in [0.15, 0.2) is 0 Å². The van der Waals surface area contributed by atoms with Gasteiger partial charge in [-0.05, 0) is 7.05 Å². The predicted octanol–water partition coefficient (Wildman–Crippen LogP) is -1.59. The third kappa shape index (κ3) is 6.09. The van der Waals surface area contributed by atoms with Crippen molar-refractivity contribution in [2.45, 2.75) is 6.10 Å². The summed E-state index contributed by atoms with van der Waals surface area (Å²) in [7, 11) is 3.22. The number of hydrogen-bond acceptors (Lipinski definition) is 4. The Morgan fingerprint density at radius 2 is 2.33 bits per heavy atom. The number of methoxy groups -OCH3 is 1. The molecule has 5 heteroatoms. The predicted molar refractivity (Wildman–Crippen MR) is 44.6 cm³/mol. The molecule has 0 radical (unpaired) electrons. The zero-order valence-electron chi connectivity index (χ0n) is 7.49. The molecular weight excluding hydrogens is 160 g/mol. The molecule has 5 nitrogen and oxygen atoms in total. The lowest BCUT2D eigenvalue weighted by Gasteiger charge is -2.18. The number of likely N-dealkylation sites (N-methyl/N-ethyl adjacent to an activating group) is 1. The Labute approximate surface area is 72.1 Å². The lowest BCUT2D eigenvalue weighted by Crippen LogP contribution is -2.37. The standard InChI is InChI=1S/C7H16N2O3/c1-9(4-7(8)11)3-6(10)5-12-2/h6,10H,3-5H2,1-2H3,(H2,8,11). The smallest absolute Gasteiger partial charge is 0.231 e. The van der Waals surface area contributed by atoms with Gasteiger partial charge >= 0.3 is 0 Å². The first-order valence-electron chi connectivity index (χ1n) is 3.70. The first-order valence-corrected chi connectivity index (χ1v) is 3.70. The quantitative estimate of drug-likeness (QED) is 0.511. The van der Waals surface area contributed by atoms with Gasteiger partial charge in [0.25, 0.3) is 0 Å². The number of ether oxygens (including phenoxy) is 1. The fourth-order valence-electron chi connectivity index (χ4n) is 0.935. The van der Waals surface area contributed by atoms with Crippen molar-refractivity contribution < 1.29 is 14.6 Å². The van der Waals surface area contributed by atoms with Gasteiger partial charge in [-0.2, -0.15) is 0 Å². The summed E-state index contributed by atoms with van der Waals surface area (Å²) >= 11 is 0. The number of carbonyl (C=O) groups excluding carboxylic acids is 1. The molecule has 0 aliphatic rings. The van der Waals surface area contributed by atoms with Gasteiger partial charge in [0.1, 0.15) is 0 Å². The van der Waals surface area contributed by atoms with Crippen molar-refractivity contribution in [2.24, 2.45) is 5.73 Å². The van der Waals surface area contributed by atoms with Crippen LogP contribution in [-0.2, 0) is 9.53 Å². The maximum atomic E-state index is 10.4. The number of hydrogen-bond donors (Lipinski definition) is 2. The van der Waals surface area contributed by atoms with Gasteiger partial charge in [0, 0.05) is 13.7 Å². The Morgan fingerprint density at radius 1 is 1.75 bits per heavy atom. The van der Waals surface area contributed by atoms with Crippen LogP contribution in [0.4, 0.5) is 0 Å². The number of nitrogens with two attached hydrogens (primary N) is 1. The topological polar surface area (TPSA) is 75.8 Å². The molecule has 0 saturated heterocycles. The second kappa shape index (κ2) is 5.93. The molecule has 72 valence electrons. The van der Waals surface area contributed by atoms with Gasteiger partial charge in [-0.15, -0.1) is 0 Å². The van der Waals surface area contributed by atoms with Crippen molar-refractivity contribution >= 4 is 5.91 Å². The van der Waals surface area contributed by atoms with Crippen LogP contribution in [0.2, 0.25) is 0 Å². The Kier molecular flexibility index (Phi) is 5.61. The summed E-state index contributed by atoms with van der Waals surface area (Å²) < 4.78 is 4.72. The molecule has 12 heavy (non-hydrogen) atoms. The van der Waals surface area contributed by atoms with E-state index < -0.39 is 12.0 Å². The number of carbonyl (C=O) groups is 1. The van der Waals surface area contributed by atoms with Gasteiger partial charge in [-0.3, -0.25) is 9.69 Å². The van der Waals surface area contributed by atoms with Crippen LogP contribution >= 0.6 is 0 Å². The zero-order chi connectivity index (χ0) is 9.56. The van der Waals surface area contributed by atoms with Crippen molar-refractivity contribution in [3.05, 3.63) is 0 Å². The molecule has 1 unspecified atom stereocenters. The lowest BCUT2D eigenvalue weighted by atomic mass is 10.3. The van der Waals surface area contributed by atoms with Crippen LogP contribution in [-0.4, -0.2) is 55.9 Å². The summed E-state index contributed by atoms with van der Waals surface area (Å²) in [6.45, 7) is 0.806. The van der Waals surface area contributed by atoms with E-state index >= 15 is 0 Å². The molecule has 0 saturated carbocycles. The molecule has 0 aromatic rings. The zero-order valence-corrected chi connectivity index (χ0v) is 7.49. The monoisotopic (exact) mass is 176 g/mol. The van der Waals surface area contributed by atoms with Crippen LogP contribution in [0.1, 0.15) is 0 Å². The number of aliphatic hydroxyl groups excluding tert-OH is 1. The first kappa shape index (κ1) is 11.4. The molecule has 0 fully saturated rings. The van der Waals surface area contributed by atoms with E-state index in [0.29, 0.717) is 6.54 Å². The maximum absolute atomic E-state index is 10.4. The summed E-state index contributed by atoms with van der Waals surface area (Å²) in [6.07, 6.45) is -0.570. The van der Waals surface area contributed by atoms with E-state index in [2.05, 4.69) is 0 Å². The van der Waals surface area contributed by atoms with E-state index in [1.807, 2.05) is 0 Å². The molecule has 3 N–H and O–H groups in total. The third-order valence-electron chi connectivity index (χ3n) is 1.31. The van der Waals surface area contributed by atoms with E-state index in [1.165, 1.54) is 7.11 Å². The SMILES string of the molecule is COCC(O)CN(C)CC(N)=O. The average Bonchev–Trinajstić information content (AvgIpc) is 1.84. The Morgan fingerprint density at radius 3 is 2.75 bits per heavy atom. The summed E-state index contributed by atoms with van der Waals surface area (Å²) in [5.74, 6) is -0.401. The first-order chi connectivity index (χ1) is 5.56. The molecule has 1 amide bonds. The molecule has 0 aromatic carbocycles. The Hall–Kier alpha value is -0.650. The van der Waals surface area contributed by atoms with Gasteiger partial charge in [0.2, 0.25) is 5.91 Å². The highest BCUT2D eigenvalue weighted by molar-refractivity contribution is 5.75. The molecule has 0 aliphatic heterocycles. The van der Waals surface area contributed by atoms with E-state index in [1.54, 1.807) is 11.9 Å². The van der Waals surface area contributed by atoms with E-state index in [4.69, 9.17) is 10.5 Å². The highest BCUT2D eigenvalue weighted by Crippen LogP contribution is 1.88. The van der Waals surface area contributed by atoms with Gasteiger partial charge < -0.3 is 15.6 Å². The van der Waals surface area contributed by atoms with Crippen LogP contribution in [0, 0.1) is 0 Å². The minimum Gasteiger partial charge on any atom is -0.389 e. The largest absolute Gasteiger partial charge is 0.389 e. The molecular formula is C7H16N2O3. The molecule has 0 aliphatic carbocycles. The lowest BCUT2D eigenvalue weighted by molar-refractivity contribution is -0.119. The number of amides is 1. The molecule has 0 spiro atoms. The van der Waals surface area contributed by atoms with Crippen LogP contribution in [0.5, 0.6) is 0 Å². The van der Waals surface area contributed by atoms with Crippen molar-refractivity contribution in [1.29, 1.82) is 0 Å². The van der Waals surface area contributed by atoms with E-state index in [-0.39, 0.29) is 13.2 Å². The van der Waals surface area contributed by atoms with Gasteiger partial charge in [0.05, 0.1) is 19.3 Å². The fourth-order valence-corrected chi connectivity index (χ4v) is 0.935. The van der Waals surface area contributed by atoms with Gasteiger partial charge in [-0.1, -0.05) is 0 Å². The second-order valence-corrected chi connectivity index (χ2v) is 2.77. The molecule has 1 atom stereocenters. The normalized spacial score (nSPS) is 13.3. The van der Waals surface area contributed by atoms with Crippen molar-refractivity contribution in [3.8, 4) is 0 Å². The third-order valence-corrected chi connectivity index (χ3v) is 1.31. The molecule has 0 bridgehead atoms. The van der Waals surface area contributed by atoms with Crippen LogP contribution in [0.25, 0.3) is 0 Å².